The summed E-state index contributed by atoms with van der Waals surface area (Å²) >= 11 is 0. The topological polar surface area (TPSA) is 389 Å². The molecule has 0 aliphatic rings. The Bertz CT molecular complexity index is 2020. The molecule has 0 atom stereocenters. The van der Waals surface area contributed by atoms with Crippen molar-refractivity contribution in [2.45, 2.75) is 6.92 Å². The van der Waals surface area contributed by atoms with Crippen LogP contribution in [0.3, 0.4) is 0 Å². The zero-order valence-corrected chi connectivity index (χ0v) is 77.7. The Morgan fingerprint density at radius 3 is 0.281 bits per heavy atom. The molecule has 0 spiro atoms. The van der Waals surface area contributed by atoms with Crippen LogP contribution in [-0.4, -0.2) is 534 Å². The lowest BCUT2D eigenvalue weighted by Gasteiger charge is -2.09. The SMILES string of the molecule is Cc1ccc(OCCOCCOCCOCCOCCOCCOCCOCCOCCOCCOCCOCCOCCOCCOCCOCCOCCOCCOCCOCCOCCOCCOCCOCCOCCOCCOCCOCCOCCOCCOCCOCCOCCOCCOCCOCCOCCOCCOCCOCCO)cc1. The van der Waals surface area contributed by atoms with E-state index >= 15 is 0 Å². The maximum atomic E-state index is 8.63. The van der Waals surface area contributed by atoms with Crippen LogP contribution < -0.4 is 4.74 Å². The lowest BCUT2D eigenvalue weighted by molar-refractivity contribution is -0.0328. The quantitative estimate of drug-likeness (QED) is 0.0911. The fraction of sp³-hybridized carbons (Fsp3) is 0.931. The molecular weight excluding hydrogens is 1700 g/mol. The van der Waals surface area contributed by atoms with Crippen LogP contribution in [0.2, 0.25) is 0 Å². The van der Waals surface area contributed by atoms with Crippen LogP contribution in [0.15, 0.2) is 24.3 Å². The zero-order chi connectivity index (χ0) is 90.8. The average Bonchev–Trinajstić information content (AvgIpc) is 0.931. The molecule has 0 saturated carbocycles. The first-order valence-electron chi connectivity index (χ1n) is 45.6. The van der Waals surface area contributed by atoms with E-state index < -0.39 is 0 Å². The maximum Gasteiger partial charge on any atom is 0.119 e. The van der Waals surface area contributed by atoms with Crippen molar-refractivity contribution in [2.75, 3.05) is 529 Å². The summed E-state index contributed by atoms with van der Waals surface area (Å²) in [7, 11) is 0. The average molecular weight is 1870 g/mol. The van der Waals surface area contributed by atoms with Crippen LogP contribution >= 0.6 is 0 Å². The molecule has 0 radical (unpaired) electrons. The van der Waals surface area contributed by atoms with Crippen LogP contribution in [0.5, 0.6) is 5.75 Å². The molecule has 128 heavy (non-hydrogen) atoms. The van der Waals surface area contributed by atoms with Gasteiger partial charge in [0.2, 0.25) is 0 Å². The number of hydrogen-bond donors (Lipinski definition) is 1. The van der Waals surface area contributed by atoms with E-state index in [4.69, 9.17) is 195 Å². The van der Waals surface area contributed by atoms with E-state index in [1.54, 1.807) is 0 Å². The lowest BCUT2D eigenvalue weighted by Crippen LogP contribution is -2.16. The Balaban J connectivity index is 1.58. The van der Waals surface area contributed by atoms with Gasteiger partial charge in [-0.05, 0) is 19.1 Å². The molecule has 0 fully saturated rings. The van der Waals surface area contributed by atoms with Gasteiger partial charge in [0.15, 0.2) is 0 Å². The number of rotatable bonds is 120. The third-order valence-corrected chi connectivity index (χ3v) is 15.9. The number of hydrogen-bond acceptors (Lipinski definition) is 41. The molecule has 1 aromatic carbocycles. The number of aliphatic hydroxyl groups is 1. The van der Waals surface area contributed by atoms with Gasteiger partial charge in [-0.3, -0.25) is 0 Å². The fourth-order valence-corrected chi connectivity index (χ4v) is 9.38. The van der Waals surface area contributed by atoms with Crippen molar-refractivity contribution in [3.63, 3.8) is 0 Å². The summed E-state index contributed by atoms with van der Waals surface area (Å²) < 4.78 is 221. The summed E-state index contributed by atoms with van der Waals surface area (Å²) in [5.74, 6) is 0.843. The molecule has 0 aliphatic heterocycles. The predicted molar refractivity (Wildman–Crippen MR) is 466 cm³/mol. The summed E-state index contributed by atoms with van der Waals surface area (Å²) in [6.45, 7) is 39.9. The summed E-state index contributed by atoms with van der Waals surface area (Å²) in [5.41, 5.74) is 1.20. The number of ether oxygens (including phenoxy) is 40. The van der Waals surface area contributed by atoms with Crippen molar-refractivity contribution in [2.24, 2.45) is 0 Å². The Morgan fingerprint density at radius 2 is 0.195 bits per heavy atom. The van der Waals surface area contributed by atoms with Gasteiger partial charge >= 0.3 is 0 Å². The molecule has 1 rings (SSSR count). The molecule has 0 aromatic heterocycles. The molecule has 0 unspecified atom stereocenters. The van der Waals surface area contributed by atoms with Gasteiger partial charge in [0.1, 0.15) is 12.4 Å². The van der Waals surface area contributed by atoms with Crippen LogP contribution in [-0.2, 0) is 185 Å². The number of benzene rings is 1. The van der Waals surface area contributed by atoms with Gasteiger partial charge in [-0.1, -0.05) is 17.7 Å². The van der Waals surface area contributed by atoms with Crippen LogP contribution in [0.1, 0.15) is 5.56 Å². The largest absolute Gasteiger partial charge is 0.491 e. The molecule has 0 aliphatic carbocycles. The first-order valence-corrected chi connectivity index (χ1v) is 45.6. The molecule has 1 N–H and O–H groups in total. The third kappa shape index (κ3) is 112. The monoisotopic (exact) mass is 1870 g/mol. The normalized spacial score (nSPS) is 11.8. The van der Waals surface area contributed by atoms with Gasteiger partial charge < -0.3 is 195 Å². The van der Waals surface area contributed by atoms with Crippen molar-refractivity contribution in [1.82, 2.24) is 0 Å². The van der Waals surface area contributed by atoms with Gasteiger partial charge in [-0.15, -0.1) is 0 Å². The Hall–Kier alpha value is -2.58. The van der Waals surface area contributed by atoms with E-state index in [1.807, 2.05) is 31.2 Å². The number of aryl methyl sites for hydroxylation is 1. The van der Waals surface area contributed by atoms with Crippen molar-refractivity contribution in [3.05, 3.63) is 29.8 Å². The van der Waals surface area contributed by atoms with E-state index in [9.17, 15) is 0 Å². The highest BCUT2D eigenvalue weighted by atomic mass is 16.6. The molecule has 0 heterocycles. The molecule has 41 nitrogen and oxygen atoms in total. The minimum Gasteiger partial charge on any atom is -0.491 e. The Labute approximate surface area is 762 Å². The van der Waals surface area contributed by atoms with E-state index in [2.05, 4.69) is 0 Å². The van der Waals surface area contributed by atoms with Crippen LogP contribution in [0.4, 0.5) is 0 Å². The highest BCUT2D eigenvalue weighted by molar-refractivity contribution is 5.26. The highest BCUT2D eigenvalue weighted by Gasteiger charge is 2.06. The van der Waals surface area contributed by atoms with Gasteiger partial charge in [-0.2, -0.15) is 0 Å². The van der Waals surface area contributed by atoms with Crippen molar-refractivity contribution in [1.29, 1.82) is 0 Å². The Morgan fingerprint density at radius 1 is 0.117 bits per heavy atom. The van der Waals surface area contributed by atoms with Gasteiger partial charge in [-0.25, -0.2) is 0 Å². The lowest BCUT2D eigenvalue weighted by atomic mass is 10.2. The summed E-state index contributed by atoms with van der Waals surface area (Å²) in [5, 5.41) is 8.63. The molecule has 41 heteroatoms. The van der Waals surface area contributed by atoms with Crippen LogP contribution in [0, 0.1) is 6.92 Å². The second kappa shape index (κ2) is 117. The molecule has 0 amide bonds. The number of aliphatic hydroxyl groups excluding tert-OH is 1. The van der Waals surface area contributed by atoms with E-state index in [0.29, 0.717) is 522 Å². The van der Waals surface area contributed by atoms with Crippen molar-refractivity contribution >= 4 is 0 Å². The minimum atomic E-state index is 0.0148. The van der Waals surface area contributed by atoms with E-state index in [-0.39, 0.29) is 6.61 Å². The molecule has 1 aromatic rings. The first kappa shape index (κ1) is 123. The van der Waals surface area contributed by atoms with Crippen molar-refractivity contribution in [3.8, 4) is 5.75 Å². The second-order valence-electron chi connectivity index (χ2n) is 26.3. The fourth-order valence-electron chi connectivity index (χ4n) is 9.38. The molecule has 0 saturated heterocycles. The summed E-state index contributed by atoms with van der Waals surface area (Å²) in [4.78, 5) is 0. The highest BCUT2D eigenvalue weighted by Crippen LogP contribution is 2.11. The third-order valence-electron chi connectivity index (χ3n) is 15.9. The zero-order valence-electron chi connectivity index (χ0n) is 77.7. The smallest absolute Gasteiger partial charge is 0.119 e. The standard InChI is InChI=1S/C87H168O41/c1-86-2-4-87(5-3-86)128-85-84-127-83-82-126-81-80-125-79-78-124-77-76-123-75-74-122-73-72-121-71-70-120-69-68-119-67-66-118-65-64-117-63-62-116-61-60-115-59-58-114-57-56-113-55-54-112-53-52-111-51-50-110-49-48-109-47-46-108-45-44-107-43-42-106-41-40-105-39-38-104-37-36-103-35-34-102-33-32-101-31-30-100-29-28-99-27-26-98-25-24-97-23-22-96-21-20-95-19-18-94-17-16-93-15-14-92-13-12-91-11-10-90-9-8-89-7-6-88/h2-5,88H,6-85H2,1H3. The van der Waals surface area contributed by atoms with E-state index in [1.165, 1.54) is 5.56 Å². The molecular formula is C87H168O41. The van der Waals surface area contributed by atoms with E-state index in [0.717, 1.165) is 5.75 Å². The summed E-state index contributed by atoms with van der Waals surface area (Å²) in [6, 6.07) is 7.95. The summed E-state index contributed by atoms with van der Waals surface area (Å²) in [6.07, 6.45) is 0. The van der Waals surface area contributed by atoms with Gasteiger partial charge in [0.05, 0.1) is 522 Å². The Kier molecular flexibility index (Phi) is 113. The first-order chi connectivity index (χ1) is 63.8. The second-order valence-corrected chi connectivity index (χ2v) is 26.3. The maximum absolute atomic E-state index is 8.63. The predicted octanol–water partition coefficient (Wildman–Crippen LogP) is 2.01. The van der Waals surface area contributed by atoms with Gasteiger partial charge in [0, 0.05) is 0 Å². The van der Waals surface area contributed by atoms with Gasteiger partial charge in [0.25, 0.3) is 0 Å². The minimum absolute atomic E-state index is 0.0148. The molecule has 762 valence electrons. The molecule has 0 bridgehead atoms. The van der Waals surface area contributed by atoms with Crippen molar-refractivity contribution < 1.29 is 195 Å². The van der Waals surface area contributed by atoms with Crippen LogP contribution in [0.25, 0.3) is 0 Å².